The number of likely N-dealkylation sites (N-methyl/N-ethyl adjacent to an activating group) is 1. The molecule has 10 heteroatoms. The van der Waals surface area contributed by atoms with Gasteiger partial charge in [-0.2, -0.15) is 4.98 Å². The van der Waals surface area contributed by atoms with Crippen LogP contribution in [-0.4, -0.2) is 72.6 Å². The highest BCUT2D eigenvalue weighted by Gasteiger charge is 2.33. The maximum atomic E-state index is 13.1. The second kappa shape index (κ2) is 8.60. The largest absolute Gasteiger partial charge is 0.369 e. The van der Waals surface area contributed by atoms with Crippen LogP contribution in [0.3, 0.4) is 0 Å². The van der Waals surface area contributed by atoms with E-state index in [0.29, 0.717) is 29.7 Å². The molecule has 2 aliphatic heterocycles. The number of carbonyl (C=O) groups excluding carboxylic acids is 1. The monoisotopic (exact) mass is 464 g/mol. The van der Waals surface area contributed by atoms with E-state index in [4.69, 9.17) is 4.98 Å². The third-order valence-corrected chi connectivity index (χ3v) is 7.18. The van der Waals surface area contributed by atoms with Gasteiger partial charge in [-0.25, -0.2) is 9.97 Å². The van der Waals surface area contributed by atoms with Gasteiger partial charge >= 0.3 is 0 Å². The first kappa shape index (κ1) is 21.6. The van der Waals surface area contributed by atoms with E-state index >= 15 is 0 Å². The van der Waals surface area contributed by atoms with E-state index in [1.165, 1.54) is 17.0 Å². The van der Waals surface area contributed by atoms with Crippen LogP contribution < -0.4 is 20.0 Å². The quantitative estimate of drug-likeness (QED) is 0.629. The van der Waals surface area contributed by atoms with Crippen molar-refractivity contribution in [1.82, 2.24) is 19.9 Å². The van der Waals surface area contributed by atoms with Gasteiger partial charge in [0.25, 0.3) is 5.91 Å². The molecule has 1 fully saturated rings. The number of rotatable bonds is 4. The number of carbonyl (C=O) groups is 1. The van der Waals surface area contributed by atoms with E-state index in [9.17, 15) is 4.79 Å². The predicted molar refractivity (Wildman–Crippen MR) is 134 cm³/mol. The van der Waals surface area contributed by atoms with Crippen molar-refractivity contribution in [2.45, 2.75) is 13.8 Å². The minimum absolute atomic E-state index is 0.119. The molecule has 0 atom stereocenters. The van der Waals surface area contributed by atoms with Crippen molar-refractivity contribution < 1.29 is 4.79 Å². The number of thiazole rings is 1. The van der Waals surface area contributed by atoms with Crippen molar-refractivity contribution >= 4 is 51.1 Å². The van der Waals surface area contributed by atoms with Crippen LogP contribution in [0.15, 0.2) is 30.5 Å². The summed E-state index contributed by atoms with van der Waals surface area (Å²) in [6.45, 7) is 8.60. The Hall–Kier alpha value is -3.24. The molecule has 1 aromatic carbocycles. The fourth-order valence-corrected chi connectivity index (χ4v) is 5.11. The Morgan fingerprint density at radius 1 is 1.06 bits per heavy atom. The molecule has 5 rings (SSSR count). The number of hydrogen-bond donors (Lipinski definition) is 1. The average molecular weight is 465 g/mol. The molecule has 0 radical (unpaired) electrons. The summed E-state index contributed by atoms with van der Waals surface area (Å²) in [6.07, 6.45) is 1.71. The van der Waals surface area contributed by atoms with E-state index in [1.54, 1.807) is 11.1 Å². The van der Waals surface area contributed by atoms with Crippen LogP contribution in [0.4, 0.5) is 33.8 Å². The van der Waals surface area contributed by atoms with Gasteiger partial charge in [0.15, 0.2) is 11.5 Å². The molecule has 172 valence electrons. The minimum Gasteiger partial charge on any atom is -0.369 e. The number of aryl methyl sites for hydroxylation is 1. The summed E-state index contributed by atoms with van der Waals surface area (Å²) in [5, 5.41) is 4.97. The standard InChI is InChI=1S/C23H28N8OS/c1-5-31-18-14-24-23(27-20(18)29(4)22-19(21(31)32)25-15(2)33-22)26-16-6-8-17(9-7-16)30-12-10-28(3)11-13-30/h6-9,14H,5,10-13H2,1-4H3,(H,24,26,27). The molecule has 2 aromatic heterocycles. The molecule has 0 spiro atoms. The first-order valence-corrected chi connectivity index (χ1v) is 12.0. The zero-order chi connectivity index (χ0) is 23.1. The number of benzene rings is 1. The van der Waals surface area contributed by atoms with Gasteiger partial charge in [0.1, 0.15) is 10.7 Å². The van der Waals surface area contributed by atoms with E-state index in [0.717, 1.165) is 41.9 Å². The molecular formula is C23H28N8OS. The van der Waals surface area contributed by atoms with Crippen molar-refractivity contribution in [3.8, 4) is 0 Å². The lowest BCUT2D eigenvalue weighted by atomic mass is 10.2. The van der Waals surface area contributed by atoms with Gasteiger partial charge in [0.05, 0.1) is 11.2 Å². The number of aromatic nitrogens is 3. The lowest BCUT2D eigenvalue weighted by molar-refractivity contribution is 0.0985. The number of hydrogen-bond acceptors (Lipinski definition) is 9. The van der Waals surface area contributed by atoms with Gasteiger partial charge in [0.2, 0.25) is 5.95 Å². The minimum atomic E-state index is -0.119. The first-order valence-electron chi connectivity index (χ1n) is 11.1. The smallest absolute Gasteiger partial charge is 0.280 e. The Morgan fingerprint density at radius 2 is 1.79 bits per heavy atom. The lowest BCUT2D eigenvalue weighted by Crippen LogP contribution is -2.44. The second-order valence-electron chi connectivity index (χ2n) is 8.36. The summed E-state index contributed by atoms with van der Waals surface area (Å²) >= 11 is 1.50. The van der Waals surface area contributed by atoms with Gasteiger partial charge in [0, 0.05) is 51.1 Å². The molecule has 2 aliphatic rings. The van der Waals surface area contributed by atoms with Crippen LogP contribution in [0.1, 0.15) is 22.4 Å². The molecule has 0 aliphatic carbocycles. The Labute approximate surface area is 197 Å². The Bertz CT molecular complexity index is 1170. The molecule has 0 bridgehead atoms. The van der Waals surface area contributed by atoms with Crippen LogP contribution in [0.25, 0.3) is 0 Å². The van der Waals surface area contributed by atoms with Crippen molar-refractivity contribution in [3.63, 3.8) is 0 Å². The van der Waals surface area contributed by atoms with E-state index in [-0.39, 0.29) is 5.91 Å². The van der Waals surface area contributed by atoms with Crippen LogP contribution in [0, 0.1) is 6.92 Å². The number of amides is 1. The topological polar surface area (TPSA) is 80.7 Å². The molecule has 1 N–H and O–H groups in total. The molecular weight excluding hydrogens is 436 g/mol. The third-order valence-electron chi connectivity index (χ3n) is 6.14. The molecule has 1 saturated heterocycles. The SMILES string of the molecule is CCN1C(=O)c2nc(C)sc2N(C)c2nc(Nc3ccc(N4CCN(C)CC4)cc3)ncc21. The summed E-state index contributed by atoms with van der Waals surface area (Å²) in [5.41, 5.74) is 3.29. The zero-order valence-electron chi connectivity index (χ0n) is 19.4. The maximum Gasteiger partial charge on any atom is 0.280 e. The van der Waals surface area contributed by atoms with Crippen molar-refractivity contribution in [2.24, 2.45) is 0 Å². The summed E-state index contributed by atoms with van der Waals surface area (Å²) < 4.78 is 0. The maximum absolute atomic E-state index is 13.1. The van der Waals surface area contributed by atoms with Gasteiger partial charge < -0.3 is 24.9 Å². The number of nitrogens with zero attached hydrogens (tertiary/aromatic N) is 7. The molecule has 4 heterocycles. The molecule has 33 heavy (non-hydrogen) atoms. The normalized spacial score (nSPS) is 16.5. The number of anilines is 6. The fraction of sp³-hybridized carbons (Fsp3) is 0.391. The Kier molecular flexibility index (Phi) is 5.63. The van der Waals surface area contributed by atoms with Crippen molar-refractivity contribution in [2.75, 3.05) is 66.8 Å². The third kappa shape index (κ3) is 4.00. The predicted octanol–water partition coefficient (Wildman–Crippen LogP) is 3.48. The average Bonchev–Trinajstić information content (AvgIpc) is 3.19. The molecule has 0 saturated carbocycles. The highest BCUT2D eigenvalue weighted by Crippen LogP contribution is 2.41. The fourth-order valence-electron chi connectivity index (χ4n) is 4.24. The molecule has 3 aromatic rings. The van der Waals surface area contributed by atoms with Crippen LogP contribution in [-0.2, 0) is 0 Å². The molecule has 0 unspecified atom stereocenters. The van der Waals surface area contributed by atoms with Crippen molar-refractivity contribution in [3.05, 3.63) is 41.2 Å². The number of nitrogens with one attached hydrogen (secondary N) is 1. The van der Waals surface area contributed by atoms with E-state index < -0.39 is 0 Å². The van der Waals surface area contributed by atoms with Crippen molar-refractivity contribution in [1.29, 1.82) is 0 Å². The van der Waals surface area contributed by atoms with Crippen LogP contribution in [0.2, 0.25) is 0 Å². The van der Waals surface area contributed by atoms with Gasteiger partial charge in [-0.05, 0) is 45.2 Å². The molecule has 1 amide bonds. The van der Waals surface area contributed by atoms with E-state index in [2.05, 4.69) is 56.4 Å². The van der Waals surface area contributed by atoms with Gasteiger partial charge in [-0.1, -0.05) is 0 Å². The number of piperazine rings is 1. The number of fused-ring (bicyclic) bond motifs is 2. The van der Waals surface area contributed by atoms with E-state index in [1.807, 2.05) is 25.8 Å². The molecule has 9 nitrogen and oxygen atoms in total. The summed E-state index contributed by atoms with van der Waals surface area (Å²) in [4.78, 5) is 35.3. The van der Waals surface area contributed by atoms with Gasteiger partial charge in [-0.3, -0.25) is 4.79 Å². The summed E-state index contributed by atoms with van der Waals surface area (Å²) in [7, 11) is 4.08. The summed E-state index contributed by atoms with van der Waals surface area (Å²) in [5.74, 6) is 1.05. The lowest BCUT2D eigenvalue weighted by Gasteiger charge is -2.34. The van der Waals surface area contributed by atoms with Gasteiger partial charge in [-0.15, -0.1) is 11.3 Å². The van der Waals surface area contributed by atoms with Crippen LogP contribution >= 0.6 is 11.3 Å². The Morgan fingerprint density at radius 3 is 2.48 bits per heavy atom. The highest BCUT2D eigenvalue weighted by molar-refractivity contribution is 7.16. The highest BCUT2D eigenvalue weighted by atomic mass is 32.1. The first-order chi connectivity index (χ1) is 15.9. The second-order valence-corrected chi connectivity index (χ2v) is 9.54. The van der Waals surface area contributed by atoms with Crippen LogP contribution in [0.5, 0.6) is 0 Å². The zero-order valence-corrected chi connectivity index (χ0v) is 20.2. The Balaban J connectivity index is 1.41. The summed E-state index contributed by atoms with van der Waals surface area (Å²) in [6, 6.07) is 8.37.